The molecule has 0 spiro atoms. The molecule has 1 aromatic heterocycles. The first-order valence-corrected chi connectivity index (χ1v) is 11.4. The Bertz CT molecular complexity index is 1110. The third kappa shape index (κ3) is 5.69. The lowest BCUT2D eigenvalue weighted by Gasteiger charge is -2.15. The first kappa shape index (κ1) is 22.7. The van der Waals surface area contributed by atoms with Crippen molar-refractivity contribution in [2.75, 3.05) is 25.8 Å². The predicted octanol–water partition coefficient (Wildman–Crippen LogP) is 0.990. The van der Waals surface area contributed by atoms with Crippen LogP contribution in [0.15, 0.2) is 40.1 Å². The molecule has 0 radical (unpaired) electrons. The summed E-state index contributed by atoms with van der Waals surface area (Å²) in [5, 5.41) is 2.20. The number of nitrogens with one attached hydrogen (secondary N) is 2. The second-order valence-corrected chi connectivity index (χ2v) is 9.47. The molecule has 11 nitrogen and oxygen atoms in total. The number of rotatable bonds is 7. The zero-order valence-electron chi connectivity index (χ0n) is 16.0. The number of sulfone groups is 1. The monoisotopic (exact) mass is 444 g/mol. The summed E-state index contributed by atoms with van der Waals surface area (Å²) in [5.74, 6) is -0.191. The second kappa shape index (κ2) is 8.82. The minimum absolute atomic E-state index is 0.191. The molecule has 0 saturated carbocycles. The average molecular weight is 444 g/mol. The van der Waals surface area contributed by atoms with Crippen LogP contribution in [0.3, 0.4) is 0 Å². The molecule has 158 valence electrons. The summed E-state index contributed by atoms with van der Waals surface area (Å²) in [4.78, 5) is 19.3. The molecule has 0 aliphatic heterocycles. The average Bonchev–Trinajstić information content (AvgIpc) is 2.61. The van der Waals surface area contributed by atoms with Crippen LogP contribution >= 0.6 is 0 Å². The van der Waals surface area contributed by atoms with Gasteiger partial charge in [-0.15, -0.1) is 0 Å². The lowest BCUT2D eigenvalue weighted by atomic mass is 10.3. The summed E-state index contributed by atoms with van der Waals surface area (Å²) in [6.07, 6.45) is 0.0524. The van der Waals surface area contributed by atoms with Gasteiger partial charge in [-0.3, -0.25) is 5.32 Å². The Balaban J connectivity index is 2.28. The topological polar surface area (TPSA) is 154 Å². The molecule has 1 heterocycles. The molecule has 0 saturated heterocycles. The van der Waals surface area contributed by atoms with Crippen LogP contribution in [-0.4, -0.2) is 53.3 Å². The van der Waals surface area contributed by atoms with E-state index in [2.05, 4.69) is 15.3 Å². The molecule has 2 aromatic rings. The van der Waals surface area contributed by atoms with E-state index in [0.717, 1.165) is 18.4 Å². The smallest absolute Gasteiger partial charge is 0.335 e. The highest BCUT2D eigenvalue weighted by atomic mass is 32.2. The molecule has 0 bridgehead atoms. The zero-order chi connectivity index (χ0) is 21.8. The van der Waals surface area contributed by atoms with Crippen LogP contribution < -0.4 is 10.0 Å². The summed E-state index contributed by atoms with van der Waals surface area (Å²) in [6.45, 7) is 1.63. The summed E-state index contributed by atoms with van der Waals surface area (Å²) in [6, 6.07) is 5.32. The molecule has 1 aromatic carbocycles. The number of sulfonamides is 1. The van der Waals surface area contributed by atoms with Crippen molar-refractivity contribution in [1.29, 1.82) is 0 Å². The largest absolute Gasteiger partial charge is 0.350 e. The molecular weight excluding hydrogens is 424 g/mol. The SMILES string of the molecule is COC(OC)c1cc(C)nc(NC(=O)NS(=O)(=O)c2ccccc2S(C)(=O)=O)n1. The number of methoxy groups -OCH3 is 2. The summed E-state index contributed by atoms with van der Waals surface area (Å²) in [7, 11) is -5.53. The van der Waals surface area contributed by atoms with Gasteiger partial charge in [-0.2, -0.15) is 0 Å². The van der Waals surface area contributed by atoms with Gasteiger partial charge in [-0.25, -0.2) is 36.3 Å². The molecule has 0 atom stereocenters. The van der Waals surface area contributed by atoms with Crippen LogP contribution in [0.4, 0.5) is 10.7 Å². The molecule has 13 heteroatoms. The van der Waals surface area contributed by atoms with Gasteiger partial charge >= 0.3 is 6.03 Å². The number of ether oxygens (including phenoxy) is 2. The molecule has 2 N–H and O–H groups in total. The van der Waals surface area contributed by atoms with Crippen LogP contribution in [0.25, 0.3) is 0 Å². The van der Waals surface area contributed by atoms with Crippen molar-refractivity contribution >= 4 is 31.8 Å². The Morgan fingerprint density at radius 1 is 1.03 bits per heavy atom. The quantitative estimate of drug-likeness (QED) is 0.595. The van der Waals surface area contributed by atoms with Gasteiger partial charge in [-0.05, 0) is 25.1 Å². The predicted molar refractivity (Wildman–Crippen MR) is 102 cm³/mol. The maximum Gasteiger partial charge on any atom is 0.335 e. The number of anilines is 1. The Kier molecular flexibility index (Phi) is 6.89. The number of carbonyl (C=O) groups is 1. The summed E-state index contributed by atoms with van der Waals surface area (Å²) < 4.78 is 60.6. The number of aromatic nitrogens is 2. The molecule has 2 rings (SSSR count). The first-order valence-electron chi connectivity index (χ1n) is 8.02. The molecule has 0 unspecified atom stereocenters. The second-order valence-electron chi connectivity index (χ2n) is 5.84. The highest BCUT2D eigenvalue weighted by Gasteiger charge is 2.25. The first-order chi connectivity index (χ1) is 13.5. The van der Waals surface area contributed by atoms with E-state index in [9.17, 15) is 21.6 Å². The van der Waals surface area contributed by atoms with Crippen LogP contribution in [0, 0.1) is 6.92 Å². The molecular formula is C16H20N4O7S2. The van der Waals surface area contributed by atoms with Crippen molar-refractivity contribution in [3.63, 3.8) is 0 Å². The Morgan fingerprint density at radius 3 is 2.17 bits per heavy atom. The van der Waals surface area contributed by atoms with Crippen molar-refractivity contribution < 1.29 is 31.1 Å². The third-order valence-electron chi connectivity index (χ3n) is 3.53. The lowest BCUT2D eigenvalue weighted by molar-refractivity contribution is -0.108. The van der Waals surface area contributed by atoms with Gasteiger partial charge < -0.3 is 9.47 Å². The maximum atomic E-state index is 12.5. The van der Waals surface area contributed by atoms with Crippen molar-refractivity contribution in [1.82, 2.24) is 14.7 Å². The highest BCUT2D eigenvalue weighted by molar-refractivity contribution is 7.93. The fourth-order valence-electron chi connectivity index (χ4n) is 2.39. The fraction of sp³-hybridized carbons (Fsp3) is 0.312. The fourth-order valence-corrected chi connectivity index (χ4v) is 4.93. The number of hydrogen-bond donors (Lipinski definition) is 2. The number of urea groups is 1. The van der Waals surface area contributed by atoms with E-state index in [0.29, 0.717) is 11.4 Å². The molecule has 0 aliphatic carbocycles. The van der Waals surface area contributed by atoms with Crippen LogP contribution in [0.5, 0.6) is 0 Å². The number of carbonyl (C=O) groups excluding carboxylic acids is 1. The number of amides is 2. The lowest BCUT2D eigenvalue weighted by Crippen LogP contribution is -2.35. The summed E-state index contributed by atoms with van der Waals surface area (Å²) >= 11 is 0. The van der Waals surface area contributed by atoms with Crippen LogP contribution in [0.1, 0.15) is 17.7 Å². The Hall–Kier alpha value is -2.61. The number of aryl methyl sites for hydroxylation is 1. The maximum absolute atomic E-state index is 12.5. The van der Waals surface area contributed by atoms with Gasteiger partial charge in [0.2, 0.25) is 12.2 Å². The van der Waals surface area contributed by atoms with Gasteiger partial charge in [0.1, 0.15) is 10.6 Å². The minimum atomic E-state index is -4.49. The van der Waals surface area contributed by atoms with Gasteiger partial charge in [0.25, 0.3) is 10.0 Å². The summed E-state index contributed by atoms with van der Waals surface area (Å²) in [5.41, 5.74) is 0.776. The van der Waals surface area contributed by atoms with E-state index in [-0.39, 0.29) is 5.95 Å². The van der Waals surface area contributed by atoms with Gasteiger partial charge in [0, 0.05) is 26.2 Å². The van der Waals surface area contributed by atoms with E-state index >= 15 is 0 Å². The molecule has 0 fully saturated rings. The molecule has 29 heavy (non-hydrogen) atoms. The van der Waals surface area contributed by atoms with E-state index in [4.69, 9.17) is 9.47 Å². The van der Waals surface area contributed by atoms with Crippen molar-refractivity contribution in [2.24, 2.45) is 0 Å². The van der Waals surface area contributed by atoms with Crippen LogP contribution in [0.2, 0.25) is 0 Å². The number of benzene rings is 1. The van der Waals surface area contributed by atoms with Crippen molar-refractivity contribution in [3.05, 3.63) is 41.7 Å². The van der Waals surface area contributed by atoms with Crippen molar-refractivity contribution in [2.45, 2.75) is 23.0 Å². The molecule has 0 aliphatic rings. The van der Waals surface area contributed by atoms with E-state index in [1.807, 2.05) is 0 Å². The van der Waals surface area contributed by atoms with Gasteiger partial charge in [0.05, 0.1) is 4.90 Å². The Labute approximate surface area is 168 Å². The van der Waals surface area contributed by atoms with Gasteiger partial charge in [0.15, 0.2) is 9.84 Å². The van der Waals surface area contributed by atoms with E-state index in [1.54, 1.807) is 17.7 Å². The van der Waals surface area contributed by atoms with E-state index in [1.165, 1.54) is 26.4 Å². The number of nitrogens with zero attached hydrogens (tertiary/aromatic N) is 2. The highest BCUT2D eigenvalue weighted by Crippen LogP contribution is 2.21. The molecule has 2 amide bonds. The minimum Gasteiger partial charge on any atom is -0.350 e. The van der Waals surface area contributed by atoms with Gasteiger partial charge in [-0.1, -0.05) is 12.1 Å². The normalized spacial score (nSPS) is 12.0. The van der Waals surface area contributed by atoms with Crippen molar-refractivity contribution in [3.8, 4) is 0 Å². The van der Waals surface area contributed by atoms with E-state index < -0.39 is 42.0 Å². The van der Waals surface area contributed by atoms with Crippen LogP contribution in [-0.2, 0) is 29.3 Å². The Morgan fingerprint density at radius 2 is 1.62 bits per heavy atom. The number of hydrogen-bond acceptors (Lipinski definition) is 9. The third-order valence-corrected chi connectivity index (χ3v) is 6.21. The zero-order valence-corrected chi connectivity index (χ0v) is 17.7. The standard InChI is InChI=1S/C16H20N4O7S2/c1-10-9-11(14(26-2)27-3)18-15(17-10)19-16(21)20-29(24,25)13-8-6-5-7-12(13)28(4,22)23/h5-9,14H,1-4H3,(H2,17,18,19,20,21).